The maximum Gasteiger partial charge on any atom is 0.254 e. The largest absolute Gasteiger partial charge is 0.345 e. The highest BCUT2D eigenvalue weighted by molar-refractivity contribution is 6.07. The van der Waals surface area contributed by atoms with Crippen LogP contribution in [0.25, 0.3) is 10.8 Å². The molecule has 3 aromatic rings. The Kier molecular flexibility index (Phi) is 6.21. The highest BCUT2D eigenvalue weighted by atomic mass is 16.2. The summed E-state index contributed by atoms with van der Waals surface area (Å²) in [5.41, 5.74) is 1.77. The van der Waals surface area contributed by atoms with Crippen LogP contribution in [0.1, 0.15) is 33.6 Å². The van der Waals surface area contributed by atoms with Crippen molar-refractivity contribution in [2.24, 2.45) is 5.92 Å². The number of hydrogen-bond donors (Lipinski definition) is 1. The molecule has 0 radical (unpaired) electrons. The molecule has 6 nitrogen and oxygen atoms in total. The molecule has 6 heteroatoms. The Hall–Kier alpha value is -3.67. The molecule has 4 rings (SSSR count). The molecular weight excluding hydrogens is 402 g/mol. The number of nitrogens with zero attached hydrogens (tertiary/aromatic N) is 2. The van der Waals surface area contributed by atoms with E-state index in [1.165, 1.54) is 4.90 Å². The number of piperidine rings is 1. The molecular formula is C26H27N3O3. The van der Waals surface area contributed by atoms with E-state index in [0.717, 1.165) is 23.6 Å². The van der Waals surface area contributed by atoms with E-state index < -0.39 is 0 Å². The van der Waals surface area contributed by atoms with E-state index in [1.807, 2.05) is 42.5 Å². The first kappa shape index (κ1) is 21.6. The van der Waals surface area contributed by atoms with Crippen LogP contribution < -0.4 is 5.32 Å². The molecule has 1 atom stereocenters. The molecule has 0 unspecified atom stereocenters. The SMILES string of the molecule is CN(C)C(=O)c1cccc(NC(=O)[C@H]2CCCN(C(=O)c3cccc4ccccc34)C2)c1. The molecule has 3 amide bonds. The topological polar surface area (TPSA) is 69.7 Å². The van der Waals surface area contributed by atoms with Crippen LogP contribution in [-0.4, -0.2) is 54.7 Å². The van der Waals surface area contributed by atoms with Crippen molar-refractivity contribution < 1.29 is 14.4 Å². The Balaban J connectivity index is 1.47. The molecule has 32 heavy (non-hydrogen) atoms. The highest BCUT2D eigenvalue weighted by Gasteiger charge is 2.29. The molecule has 0 spiro atoms. The molecule has 1 aliphatic heterocycles. The van der Waals surface area contributed by atoms with Crippen molar-refractivity contribution in [2.75, 3.05) is 32.5 Å². The third kappa shape index (κ3) is 4.49. The standard InChI is InChI=1S/C26H27N3O3/c1-28(2)25(31)19-10-5-12-21(16-19)27-24(30)20-11-7-15-29(17-20)26(32)23-14-6-9-18-8-3-4-13-22(18)23/h3-6,8-10,12-14,16,20H,7,11,15,17H2,1-2H3,(H,27,30)/t20-/m0/s1. The second kappa shape index (κ2) is 9.22. The lowest BCUT2D eigenvalue weighted by molar-refractivity contribution is -0.121. The van der Waals surface area contributed by atoms with E-state index in [4.69, 9.17) is 0 Å². The minimum atomic E-state index is -0.295. The van der Waals surface area contributed by atoms with Gasteiger partial charge in [0.2, 0.25) is 5.91 Å². The summed E-state index contributed by atoms with van der Waals surface area (Å²) in [6.45, 7) is 1.02. The van der Waals surface area contributed by atoms with Crippen molar-refractivity contribution in [1.82, 2.24) is 9.80 Å². The van der Waals surface area contributed by atoms with E-state index >= 15 is 0 Å². The second-order valence-corrected chi connectivity index (χ2v) is 8.39. The second-order valence-electron chi connectivity index (χ2n) is 8.39. The van der Waals surface area contributed by atoms with Gasteiger partial charge in [0, 0.05) is 44.0 Å². The Morgan fingerprint density at radius 1 is 0.969 bits per heavy atom. The summed E-state index contributed by atoms with van der Waals surface area (Å²) in [6, 6.07) is 20.5. The van der Waals surface area contributed by atoms with E-state index in [-0.39, 0.29) is 23.6 Å². The van der Waals surface area contributed by atoms with Gasteiger partial charge >= 0.3 is 0 Å². The maximum atomic E-state index is 13.3. The summed E-state index contributed by atoms with van der Waals surface area (Å²) in [7, 11) is 3.38. The normalized spacial score (nSPS) is 15.9. The maximum absolute atomic E-state index is 13.3. The quantitative estimate of drug-likeness (QED) is 0.681. The van der Waals surface area contributed by atoms with Gasteiger partial charge in [0.05, 0.1) is 5.92 Å². The number of rotatable bonds is 4. The van der Waals surface area contributed by atoms with Crippen LogP contribution in [0.3, 0.4) is 0 Å². The van der Waals surface area contributed by atoms with Gasteiger partial charge in [0.25, 0.3) is 11.8 Å². The van der Waals surface area contributed by atoms with Gasteiger partial charge in [-0.2, -0.15) is 0 Å². The zero-order chi connectivity index (χ0) is 22.7. The van der Waals surface area contributed by atoms with Crippen molar-refractivity contribution in [3.63, 3.8) is 0 Å². The summed E-state index contributed by atoms with van der Waals surface area (Å²) in [4.78, 5) is 41.7. The van der Waals surface area contributed by atoms with Crippen LogP contribution in [0, 0.1) is 5.92 Å². The van der Waals surface area contributed by atoms with Gasteiger partial charge in [-0.05, 0) is 47.9 Å². The Morgan fingerprint density at radius 3 is 2.53 bits per heavy atom. The lowest BCUT2D eigenvalue weighted by atomic mass is 9.95. The average molecular weight is 430 g/mol. The van der Waals surface area contributed by atoms with Gasteiger partial charge < -0.3 is 15.1 Å². The zero-order valence-corrected chi connectivity index (χ0v) is 18.4. The number of fused-ring (bicyclic) bond motifs is 1. The van der Waals surface area contributed by atoms with E-state index in [1.54, 1.807) is 43.3 Å². The average Bonchev–Trinajstić information content (AvgIpc) is 2.83. The summed E-state index contributed by atoms with van der Waals surface area (Å²) < 4.78 is 0. The van der Waals surface area contributed by atoms with Crippen LogP contribution in [0.2, 0.25) is 0 Å². The monoisotopic (exact) mass is 429 g/mol. The summed E-state index contributed by atoms with van der Waals surface area (Å²) in [5, 5.41) is 4.88. The molecule has 164 valence electrons. The van der Waals surface area contributed by atoms with Crippen LogP contribution in [0.5, 0.6) is 0 Å². The van der Waals surface area contributed by atoms with Crippen molar-refractivity contribution in [2.45, 2.75) is 12.8 Å². The number of amides is 3. The predicted molar refractivity (Wildman–Crippen MR) is 126 cm³/mol. The van der Waals surface area contributed by atoms with Gasteiger partial charge in [0.15, 0.2) is 0 Å². The molecule has 0 aromatic heterocycles. The van der Waals surface area contributed by atoms with Crippen LogP contribution >= 0.6 is 0 Å². The molecule has 1 heterocycles. The summed E-state index contributed by atoms with van der Waals surface area (Å²) in [6.07, 6.45) is 1.50. The fraction of sp³-hybridized carbons (Fsp3) is 0.269. The van der Waals surface area contributed by atoms with Gasteiger partial charge in [-0.25, -0.2) is 0 Å². The minimum absolute atomic E-state index is 0.0436. The molecule has 1 N–H and O–H groups in total. The third-order valence-corrected chi connectivity index (χ3v) is 5.88. The van der Waals surface area contributed by atoms with Gasteiger partial charge in [-0.3, -0.25) is 14.4 Å². The summed E-state index contributed by atoms with van der Waals surface area (Å²) >= 11 is 0. The predicted octanol–water partition coefficient (Wildman–Crippen LogP) is 4.03. The van der Waals surface area contributed by atoms with Crippen molar-refractivity contribution in [3.8, 4) is 0 Å². The molecule has 0 bridgehead atoms. The van der Waals surface area contributed by atoms with Crippen molar-refractivity contribution in [3.05, 3.63) is 77.9 Å². The fourth-order valence-electron chi connectivity index (χ4n) is 4.19. The molecule has 0 aliphatic carbocycles. The Labute approximate surface area is 187 Å². The first-order valence-corrected chi connectivity index (χ1v) is 10.8. The van der Waals surface area contributed by atoms with Crippen molar-refractivity contribution >= 4 is 34.2 Å². The molecule has 3 aromatic carbocycles. The van der Waals surface area contributed by atoms with Crippen LogP contribution in [0.4, 0.5) is 5.69 Å². The number of likely N-dealkylation sites (tertiary alicyclic amines) is 1. The molecule has 1 saturated heterocycles. The number of hydrogen-bond acceptors (Lipinski definition) is 3. The first-order valence-electron chi connectivity index (χ1n) is 10.8. The fourth-order valence-corrected chi connectivity index (χ4v) is 4.19. The van der Waals surface area contributed by atoms with Gasteiger partial charge in [-0.1, -0.05) is 42.5 Å². The van der Waals surface area contributed by atoms with E-state index in [2.05, 4.69) is 5.32 Å². The number of benzene rings is 3. The van der Waals surface area contributed by atoms with Gasteiger partial charge in [-0.15, -0.1) is 0 Å². The highest BCUT2D eigenvalue weighted by Crippen LogP contribution is 2.24. The number of carbonyl (C=O) groups excluding carboxylic acids is 3. The molecule has 1 aliphatic rings. The summed E-state index contributed by atoms with van der Waals surface area (Å²) in [5.74, 6) is -0.589. The zero-order valence-electron chi connectivity index (χ0n) is 18.4. The Morgan fingerprint density at radius 2 is 1.72 bits per heavy atom. The number of carbonyl (C=O) groups is 3. The lowest BCUT2D eigenvalue weighted by Gasteiger charge is -2.32. The molecule has 0 saturated carbocycles. The lowest BCUT2D eigenvalue weighted by Crippen LogP contribution is -2.43. The molecule has 1 fully saturated rings. The smallest absolute Gasteiger partial charge is 0.254 e. The third-order valence-electron chi connectivity index (χ3n) is 5.88. The van der Waals surface area contributed by atoms with Crippen molar-refractivity contribution in [1.29, 1.82) is 0 Å². The van der Waals surface area contributed by atoms with Gasteiger partial charge in [0.1, 0.15) is 0 Å². The van der Waals surface area contributed by atoms with E-state index in [0.29, 0.717) is 29.9 Å². The van der Waals surface area contributed by atoms with E-state index in [9.17, 15) is 14.4 Å². The first-order chi connectivity index (χ1) is 15.4. The minimum Gasteiger partial charge on any atom is -0.345 e. The number of nitrogens with one attached hydrogen (secondary N) is 1. The Bertz CT molecular complexity index is 1170. The van der Waals surface area contributed by atoms with Crippen LogP contribution in [-0.2, 0) is 4.79 Å². The van der Waals surface area contributed by atoms with Crippen LogP contribution in [0.15, 0.2) is 66.7 Å². The number of anilines is 1.